The van der Waals surface area contributed by atoms with Crippen LogP contribution in [0.3, 0.4) is 0 Å². The van der Waals surface area contributed by atoms with Gasteiger partial charge in [0.05, 0.1) is 4.92 Å². The van der Waals surface area contributed by atoms with Gasteiger partial charge in [0.25, 0.3) is 0 Å². The van der Waals surface area contributed by atoms with Crippen molar-refractivity contribution in [2.75, 3.05) is 0 Å². The minimum absolute atomic E-state index is 0.0544. The Labute approximate surface area is 163 Å². The molecule has 0 N–H and O–H groups in total. The summed E-state index contributed by atoms with van der Waals surface area (Å²) in [6.45, 7) is 1.90. The Hall–Kier alpha value is -3.40. The van der Waals surface area contributed by atoms with Crippen molar-refractivity contribution in [1.29, 1.82) is 0 Å². The highest BCUT2D eigenvalue weighted by atomic mass is 16.6. The van der Waals surface area contributed by atoms with Crippen LogP contribution in [0.5, 0.6) is 5.75 Å². The summed E-state index contributed by atoms with van der Waals surface area (Å²) in [5.74, 6) is 0.499. The van der Waals surface area contributed by atoms with E-state index in [-0.39, 0.29) is 16.5 Å². The predicted octanol–water partition coefficient (Wildman–Crippen LogP) is 5.76. The molecule has 1 aliphatic carbocycles. The Kier molecular flexibility index (Phi) is 3.63. The molecule has 1 heterocycles. The van der Waals surface area contributed by atoms with Gasteiger partial charge in [-0.05, 0) is 30.0 Å². The number of nitro benzene ring substituents is 1. The maximum atomic E-state index is 11.7. The predicted molar refractivity (Wildman–Crippen MR) is 108 cm³/mol. The summed E-state index contributed by atoms with van der Waals surface area (Å²) in [4.78, 5) is 11.3. The smallest absolute Gasteiger partial charge is 0.311 e. The lowest BCUT2D eigenvalue weighted by atomic mass is 9.60. The Morgan fingerprint density at radius 3 is 2.43 bits per heavy atom. The molecule has 0 aromatic heterocycles. The maximum absolute atomic E-state index is 11.7. The number of rotatable bonds is 3. The van der Waals surface area contributed by atoms with E-state index in [9.17, 15) is 10.1 Å². The van der Waals surface area contributed by atoms with Crippen LogP contribution in [0.1, 0.15) is 34.6 Å². The lowest BCUT2D eigenvalue weighted by Crippen LogP contribution is -2.46. The average molecular weight is 369 g/mol. The van der Waals surface area contributed by atoms with Gasteiger partial charge in [-0.3, -0.25) is 10.1 Å². The molecule has 0 unspecified atom stereocenters. The Balaban J connectivity index is 1.70. The van der Waals surface area contributed by atoms with Crippen LogP contribution in [0.2, 0.25) is 0 Å². The molecule has 4 heteroatoms. The van der Waals surface area contributed by atoms with Crippen LogP contribution in [0.4, 0.5) is 5.69 Å². The summed E-state index contributed by atoms with van der Waals surface area (Å²) in [7, 11) is 0. The molecule has 1 saturated carbocycles. The largest absolute Gasteiger partial charge is 0.470 e. The molecule has 2 atom stereocenters. The number of fused-ring (bicyclic) bond motifs is 3. The third kappa shape index (κ3) is 2.31. The second kappa shape index (κ2) is 6.06. The summed E-state index contributed by atoms with van der Waals surface area (Å²) < 4.78 is 6.50. The molecule has 0 amide bonds. The van der Waals surface area contributed by atoms with Crippen molar-refractivity contribution < 1.29 is 9.66 Å². The second-order valence-corrected chi connectivity index (χ2v) is 7.50. The van der Waals surface area contributed by atoms with Gasteiger partial charge in [-0.15, -0.1) is 0 Å². The van der Waals surface area contributed by atoms with Crippen molar-refractivity contribution in [1.82, 2.24) is 0 Å². The molecular formula is C24H19NO3. The summed E-state index contributed by atoms with van der Waals surface area (Å²) in [6, 6.07) is 23.8. The van der Waals surface area contributed by atoms with E-state index in [1.165, 1.54) is 0 Å². The van der Waals surface area contributed by atoms with E-state index in [0.29, 0.717) is 5.75 Å². The zero-order chi connectivity index (χ0) is 19.3. The fourth-order valence-electron chi connectivity index (χ4n) is 4.57. The van der Waals surface area contributed by atoms with Crippen LogP contribution in [0.15, 0.2) is 78.4 Å². The van der Waals surface area contributed by atoms with E-state index < -0.39 is 5.60 Å². The summed E-state index contributed by atoms with van der Waals surface area (Å²) in [5, 5.41) is 11.7. The number of benzene rings is 3. The van der Waals surface area contributed by atoms with Crippen molar-refractivity contribution in [3.63, 3.8) is 0 Å². The van der Waals surface area contributed by atoms with Gasteiger partial charge in [-0.2, -0.15) is 0 Å². The van der Waals surface area contributed by atoms with E-state index in [0.717, 1.165) is 34.2 Å². The Morgan fingerprint density at radius 1 is 1.07 bits per heavy atom. The highest BCUT2D eigenvalue weighted by molar-refractivity contribution is 5.69. The van der Waals surface area contributed by atoms with E-state index in [1.54, 1.807) is 6.07 Å². The molecular weight excluding hydrogens is 350 g/mol. The molecule has 3 aromatic rings. The zero-order valence-corrected chi connectivity index (χ0v) is 15.5. The summed E-state index contributed by atoms with van der Waals surface area (Å²) in [6.07, 6.45) is 2.99. The molecule has 0 radical (unpaired) electrons. The monoisotopic (exact) mass is 369 g/mol. The van der Waals surface area contributed by atoms with Crippen LogP contribution in [-0.2, 0) is 5.60 Å². The van der Waals surface area contributed by atoms with Gasteiger partial charge in [0.2, 0.25) is 5.75 Å². The topological polar surface area (TPSA) is 52.4 Å². The van der Waals surface area contributed by atoms with Gasteiger partial charge in [0, 0.05) is 23.1 Å². The molecule has 1 fully saturated rings. The minimum Gasteiger partial charge on any atom is -0.470 e. The van der Waals surface area contributed by atoms with Crippen molar-refractivity contribution >= 4 is 11.8 Å². The first-order valence-corrected chi connectivity index (χ1v) is 9.39. The van der Waals surface area contributed by atoms with Crippen molar-refractivity contribution in [3.8, 4) is 5.75 Å². The van der Waals surface area contributed by atoms with Crippen molar-refractivity contribution in [3.05, 3.63) is 111 Å². The number of aryl methyl sites for hydroxylation is 1. The first kappa shape index (κ1) is 16.8. The SMILES string of the molecule is Cc1cc2c(c([N+](=O)[O-])c1)O[C@]1(c3ccccc3)/C(=C/c3ccccc3)C[C@H]21. The summed E-state index contributed by atoms with van der Waals surface area (Å²) in [5.41, 5.74) is 4.52. The van der Waals surface area contributed by atoms with Crippen LogP contribution in [0.25, 0.3) is 6.08 Å². The molecule has 0 saturated heterocycles. The van der Waals surface area contributed by atoms with Crippen LogP contribution < -0.4 is 4.74 Å². The Bertz CT molecular complexity index is 1110. The molecule has 3 aromatic carbocycles. The highest BCUT2D eigenvalue weighted by Crippen LogP contribution is 2.66. The van der Waals surface area contributed by atoms with Gasteiger partial charge in [0.15, 0.2) is 5.60 Å². The van der Waals surface area contributed by atoms with Crippen LogP contribution in [-0.4, -0.2) is 4.92 Å². The van der Waals surface area contributed by atoms with Crippen LogP contribution in [0, 0.1) is 17.0 Å². The molecule has 4 nitrogen and oxygen atoms in total. The van der Waals surface area contributed by atoms with Gasteiger partial charge >= 0.3 is 5.69 Å². The quantitative estimate of drug-likeness (QED) is 0.435. The first-order chi connectivity index (χ1) is 13.6. The van der Waals surface area contributed by atoms with Gasteiger partial charge in [-0.25, -0.2) is 0 Å². The average Bonchev–Trinajstić information content (AvgIpc) is 2.96. The molecule has 0 bridgehead atoms. The maximum Gasteiger partial charge on any atom is 0.311 e. The lowest BCUT2D eigenvalue weighted by molar-refractivity contribution is -0.386. The number of hydrogen-bond donors (Lipinski definition) is 0. The fourth-order valence-corrected chi connectivity index (χ4v) is 4.57. The van der Waals surface area contributed by atoms with Gasteiger partial charge in [0.1, 0.15) is 0 Å². The molecule has 28 heavy (non-hydrogen) atoms. The fraction of sp³-hybridized carbons (Fsp3) is 0.167. The normalized spacial score (nSPS) is 23.5. The van der Waals surface area contributed by atoms with Crippen molar-refractivity contribution in [2.24, 2.45) is 0 Å². The van der Waals surface area contributed by atoms with E-state index >= 15 is 0 Å². The number of nitro groups is 1. The Morgan fingerprint density at radius 2 is 1.75 bits per heavy atom. The molecule has 2 aliphatic rings. The molecule has 138 valence electrons. The van der Waals surface area contributed by atoms with E-state index in [2.05, 4.69) is 30.3 Å². The van der Waals surface area contributed by atoms with E-state index in [4.69, 9.17) is 4.74 Å². The lowest BCUT2D eigenvalue weighted by Gasteiger charge is -2.46. The number of nitrogens with zero attached hydrogens (tertiary/aromatic N) is 1. The van der Waals surface area contributed by atoms with Crippen LogP contribution >= 0.6 is 0 Å². The van der Waals surface area contributed by atoms with Crippen molar-refractivity contribution in [2.45, 2.75) is 24.9 Å². The second-order valence-electron chi connectivity index (χ2n) is 7.50. The van der Waals surface area contributed by atoms with Gasteiger partial charge in [-0.1, -0.05) is 72.8 Å². The zero-order valence-electron chi connectivity index (χ0n) is 15.5. The first-order valence-electron chi connectivity index (χ1n) is 9.39. The molecule has 5 rings (SSSR count). The standard InChI is InChI=1S/C24H19NO3/c1-16-12-20-21-15-19(14-17-8-4-2-5-9-17)24(21,18-10-6-3-7-11-18)28-23(20)22(13-16)25(26)27/h2-14,21H,15H2,1H3/b19-14+/t21-,24-/m1/s1. The summed E-state index contributed by atoms with van der Waals surface area (Å²) >= 11 is 0. The third-order valence-corrected chi connectivity index (χ3v) is 5.81. The van der Waals surface area contributed by atoms with Gasteiger partial charge < -0.3 is 4.74 Å². The van der Waals surface area contributed by atoms with E-state index in [1.807, 2.05) is 49.4 Å². The third-order valence-electron chi connectivity index (χ3n) is 5.81. The minimum atomic E-state index is -0.669. The highest BCUT2D eigenvalue weighted by Gasteiger charge is 2.61. The molecule has 0 spiro atoms. The number of ether oxygens (including phenoxy) is 1. The molecule has 1 aliphatic heterocycles. The number of hydrogen-bond acceptors (Lipinski definition) is 3.